The van der Waals surface area contributed by atoms with Crippen LogP contribution in [0.3, 0.4) is 0 Å². The average molecular weight is 275 g/mol. The molecule has 3 atom stereocenters. The van der Waals surface area contributed by atoms with Crippen LogP contribution in [0.15, 0.2) is 23.1 Å². The van der Waals surface area contributed by atoms with Crippen LogP contribution >= 0.6 is 0 Å². The van der Waals surface area contributed by atoms with Gasteiger partial charge in [-0.15, -0.1) is 0 Å². The molecule has 0 radical (unpaired) electrons. The Morgan fingerprint density at radius 1 is 1.33 bits per heavy atom. The summed E-state index contributed by atoms with van der Waals surface area (Å²) < 4.78 is 38.6. The van der Waals surface area contributed by atoms with E-state index in [1.165, 1.54) is 6.07 Å². The monoisotopic (exact) mass is 275 g/mol. The van der Waals surface area contributed by atoms with Gasteiger partial charge < -0.3 is 5.32 Å². The smallest absolute Gasteiger partial charge is 0.142 e. The maximum absolute atomic E-state index is 13.6. The predicted octanol–water partition coefficient (Wildman–Crippen LogP) is 2.85. The molecular formula is C13H19F2NOS. The molecule has 0 aliphatic carbocycles. The topological polar surface area (TPSA) is 29.1 Å². The molecule has 1 aromatic rings. The Kier molecular flexibility index (Phi) is 5.88. The van der Waals surface area contributed by atoms with Crippen LogP contribution in [0.1, 0.15) is 27.2 Å². The molecule has 1 rings (SSSR count). The van der Waals surface area contributed by atoms with Gasteiger partial charge >= 0.3 is 0 Å². The van der Waals surface area contributed by atoms with Crippen LogP contribution in [0.4, 0.5) is 8.78 Å². The van der Waals surface area contributed by atoms with E-state index in [9.17, 15) is 13.0 Å². The highest BCUT2D eigenvalue weighted by Gasteiger charge is 2.24. The third-order valence-corrected chi connectivity index (χ3v) is 4.69. The lowest BCUT2D eigenvalue weighted by Crippen LogP contribution is -2.40. The van der Waals surface area contributed by atoms with Gasteiger partial charge in [0.25, 0.3) is 0 Å². The summed E-state index contributed by atoms with van der Waals surface area (Å²) in [7, 11) is -1.48. The molecule has 0 amide bonds. The van der Waals surface area contributed by atoms with Crippen molar-refractivity contribution >= 4 is 10.8 Å². The summed E-state index contributed by atoms with van der Waals surface area (Å²) in [5.41, 5.74) is 0. The summed E-state index contributed by atoms with van der Waals surface area (Å²) in [5.74, 6) is -1.40. The summed E-state index contributed by atoms with van der Waals surface area (Å²) in [6, 6.07) is 3.22. The van der Waals surface area contributed by atoms with Crippen LogP contribution in [-0.2, 0) is 10.8 Å². The van der Waals surface area contributed by atoms with Crippen LogP contribution in [0.5, 0.6) is 0 Å². The van der Waals surface area contributed by atoms with Crippen molar-refractivity contribution in [3.05, 3.63) is 29.8 Å². The first-order valence-electron chi connectivity index (χ1n) is 6.10. The fourth-order valence-electron chi connectivity index (χ4n) is 1.89. The van der Waals surface area contributed by atoms with Gasteiger partial charge in [-0.25, -0.2) is 8.78 Å². The number of hydrogen-bond acceptors (Lipinski definition) is 2. The third kappa shape index (κ3) is 3.59. The van der Waals surface area contributed by atoms with Gasteiger partial charge in [0, 0.05) is 12.1 Å². The minimum absolute atomic E-state index is 0.0558. The number of rotatable bonds is 6. The summed E-state index contributed by atoms with van der Waals surface area (Å²) in [5, 5.41) is 3.00. The number of nitrogens with one attached hydrogen (secondary N) is 1. The Balaban J connectivity index is 2.91. The number of benzene rings is 1. The lowest BCUT2D eigenvalue weighted by molar-refractivity contribution is 0.497. The molecule has 0 aliphatic heterocycles. The fraction of sp³-hybridized carbons (Fsp3) is 0.538. The molecule has 0 aliphatic rings. The first-order chi connectivity index (χ1) is 8.51. The van der Waals surface area contributed by atoms with Crippen molar-refractivity contribution in [1.82, 2.24) is 5.32 Å². The van der Waals surface area contributed by atoms with E-state index < -0.39 is 22.4 Å². The SMILES string of the molecule is CCNC(CC)C(C)S(=O)c1ccc(F)cc1F. The maximum atomic E-state index is 13.6. The normalized spacial score (nSPS) is 16.3. The Bertz CT molecular complexity index is 425. The maximum Gasteiger partial charge on any atom is 0.142 e. The molecule has 0 fully saturated rings. The molecule has 0 saturated carbocycles. The Labute approximate surface area is 109 Å². The Morgan fingerprint density at radius 2 is 2.00 bits per heavy atom. The van der Waals surface area contributed by atoms with Gasteiger partial charge in [-0.1, -0.05) is 13.8 Å². The van der Waals surface area contributed by atoms with E-state index in [1.807, 2.05) is 20.8 Å². The highest BCUT2D eigenvalue weighted by Crippen LogP contribution is 2.19. The number of halogens is 2. The van der Waals surface area contributed by atoms with Crippen molar-refractivity contribution in [3.8, 4) is 0 Å². The van der Waals surface area contributed by atoms with Crippen molar-refractivity contribution in [3.63, 3.8) is 0 Å². The van der Waals surface area contributed by atoms with E-state index in [0.29, 0.717) is 0 Å². The minimum atomic E-state index is -1.48. The quantitative estimate of drug-likeness (QED) is 0.865. The van der Waals surface area contributed by atoms with Gasteiger partial charge in [-0.3, -0.25) is 4.21 Å². The van der Waals surface area contributed by atoms with Crippen molar-refractivity contribution in [2.24, 2.45) is 0 Å². The molecule has 0 aromatic heterocycles. The summed E-state index contributed by atoms with van der Waals surface area (Å²) in [4.78, 5) is 0.0697. The highest BCUT2D eigenvalue weighted by molar-refractivity contribution is 7.85. The Hall–Kier alpha value is -0.810. The molecule has 3 unspecified atom stereocenters. The molecule has 102 valence electrons. The summed E-state index contributed by atoms with van der Waals surface area (Å²) in [6.45, 7) is 6.54. The molecule has 0 saturated heterocycles. The van der Waals surface area contributed by atoms with E-state index in [-0.39, 0.29) is 16.2 Å². The van der Waals surface area contributed by atoms with E-state index in [1.54, 1.807) is 0 Å². The van der Waals surface area contributed by atoms with Gasteiger partial charge in [-0.05, 0) is 32.0 Å². The molecule has 18 heavy (non-hydrogen) atoms. The molecule has 2 nitrogen and oxygen atoms in total. The molecule has 0 bridgehead atoms. The lowest BCUT2D eigenvalue weighted by Gasteiger charge is -2.23. The molecule has 1 aromatic carbocycles. The predicted molar refractivity (Wildman–Crippen MR) is 70.0 cm³/mol. The van der Waals surface area contributed by atoms with Gasteiger partial charge in [0.05, 0.1) is 20.9 Å². The van der Waals surface area contributed by atoms with Crippen LogP contribution in [0.25, 0.3) is 0 Å². The standard InChI is InChI=1S/C13H19F2NOS/c1-4-12(16-5-2)9(3)18(17)13-7-6-10(14)8-11(13)15/h6-9,12,16H,4-5H2,1-3H3. The summed E-state index contributed by atoms with van der Waals surface area (Å²) >= 11 is 0. The first kappa shape index (κ1) is 15.2. The number of hydrogen-bond donors (Lipinski definition) is 1. The van der Waals surface area contributed by atoms with E-state index >= 15 is 0 Å². The zero-order chi connectivity index (χ0) is 13.7. The molecule has 0 heterocycles. The van der Waals surface area contributed by atoms with E-state index in [4.69, 9.17) is 0 Å². The second-order valence-electron chi connectivity index (χ2n) is 4.15. The van der Waals surface area contributed by atoms with Crippen LogP contribution in [0.2, 0.25) is 0 Å². The van der Waals surface area contributed by atoms with Crippen molar-refractivity contribution in [1.29, 1.82) is 0 Å². The van der Waals surface area contributed by atoms with Gasteiger partial charge in [0.15, 0.2) is 0 Å². The average Bonchev–Trinajstić information content (AvgIpc) is 2.34. The lowest BCUT2D eigenvalue weighted by atomic mass is 10.2. The third-order valence-electron chi connectivity index (χ3n) is 2.92. The van der Waals surface area contributed by atoms with Crippen LogP contribution in [-0.4, -0.2) is 22.0 Å². The fourth-order valence-corrected chi connectivity index (χ4v) is 3.33. The van der Waals surface area contributed by atoms with E-state index in [0.717, 1.165) is 25.1 Å². The largest absolute Gasteiger partial charge is 0.313 e. The minimum Gasteiger partial charge on any atom is -0.313 e. The Morgan fingerprint density at radius 3 is 2.50 bits per heavy atom. The van der Waals surface area contributed by atoms with Gasteiger partial charge in [-0.2, -0.15) is 0 Å². The second kappa shape index (κ2) is 6.95. The zero-order valence-corrected chi connectivity index (χ0v) is 11.7. The molecular weight excluding hydrogens is 256 g/mol. The summed E-state index contributed by atoms with van der Waals surface area (Å²) in [6.07, 6.45) is 0.809. The van der Waals surface area contributed by atoms with Crippen LogP contribution in [0, 0.1) is 11.6 Å². The van der Waals surface area contributed by atoms with Gasteiger partial charge in [0.1, 0.15) is 11.6 Å². The molecule has 1 N–H and O–H groups in total. The van der Waals surface area contributed by atoms with Crippen molar-refractivity contribution in [2.45, 2.75) is 43.4 Å². The van der Waals surface area contributed by atoms with E-state index in [2.05, 4.69) is 5.32 Å². The first-order valence-corrected chi connectivity index (χ1v) is 7.31. The zero-order valence-electron chi connectivity index (χ0n) is 10.9. The molecule has 0 spiro atoms. The van der Waals surface area contributed by atoms with Gasteiger partial charge in [0.2, 0.25) is 0 Å². The van der Waals surface area contributed by atoms with Crippen LogP contribution < -0.4 is 5.32 Å². The highest BCUT2D eigenvalue weighted by atomic mass is 32.2. The van der Waals surface area contributed by atoms with Crippen molar-refractivity contribution < 1.29 is 13.0 Å². The van der Waals surface area contributed by atoms with Crippen molar-refractivity contribution in [2.75, 3.05) is 6.54 Å². The molecule has 5 heteroatoms. The second-order valence-corrected chi connectivity index (χ2v) is 5.93.